The van der Waals surface area contributed by atoms with Gasteiger partial charge in [0.05, 0.1) is 0 Å². The lowest BCUT2D eigenvalue weighted by atomic mass is 10.1. The Hall–Kier alpha value is -3.06. The van der Waals surface area contributed by atoms with Crippen LogP contribution in [0.1, 0.15) is 16.7 Å². The van der Waals surface area contributed by atoms with Crippen molar-refractivity contribution in [2.24, 2.45) is 0 Å². The van der Waals surface area contributed by atoms with Gasteiger partial charge in [-0.25, -0.2) is 0 Å². The van der Waals surface area contributed by atoms with Gasteiger partial charge in [0, 0.05) is 18.4 Å². The number of benzene rings is 2. The van der Waals surface area contributed by atoms with Crippen LogP contribution in [0.4, 0.5) is 5.69 Å². The van der Waals surface area contributed by atoms with E-state index in [1.165, 1.54) is 6.20 Å². The zero-order valence-electron chi connectivity index (χ0n) is 13.3. The van der Waals surface area contributed by atoms with Crippen molar-refractivity contribution >= 4 is 11.6 Å². The fraction of sp³-hybridized carbons (Fsp3) is 0.158. The van der Waals surface area contributed by atoms with Crippen molar-refractivity contribution in [1.82, 2.24) is 5.32 Å². The number of rotatable bonds is 5. The van der Waals surface area contributed by atoms with Crippen molar-refractivity contribution < 1.29 is 4.79 Å². The average Bonchev–Trinajstić information content (AvgIpc) is 2.56. The molecule has 2 rings (SSSR count). The summed E-state index contributed by atoms with van der Waals surface area (Å²) in [5.41, 5.74) is 3.93. The zero-order valence-corrected chi connectivity index (χ0v) is 13.3. The van der Waals surface area contributed by atoms with Crippen LogP contribution in [0.25, 0.3) is 0 Å². The molecule has 0 bridgehead atoms. The summed E-state index contributed by atoms with van der Waals surface area (Å²) < 4.78 is 0. The highest BCUT2D eigenvalue weighted by atomic mass is 16.1. The van der Waals surface area contributed by atoms with Crippen molar-refractivity contribution in [3.63, 3.8) is 0 Å². The minimum absolute atomic E-state index is 0.0434. The van der Waals surface area contributed by atoms with Crippen LogP contribution in [0.15, 0.2) is 60.3 Å². The summed E-state index contributed by atoms with van der Waals surface area (Å²) in [6.45, 7) is 4.48. The van der Waals surface area contributed by atoms with Gasteiger partial charge in [0.25, 0.3) is 5.91 Å². The van der Waals surface area contributed by atoms with Gasteiger partial charge in [-0.2, -0.15) is 5.26 Å². The van der Waals surface area contributed by atoms with Gasteiger partial charge in [-0.3, -0.25) is 4.79 Å². The summed E-state index contributed by atoms with van der Waals surface area (Å²) in [4.78, 5) is 12.2. The van der Waals surface area contributed by atoms with E-state index in [-0.39, 0.29) is 5.57 Å². The third-order valence-electron chi connectivity index (χ3n) is 3.61. The Bertz CT molecular complexity index is 758. The molecule has 4 nitrogen and oxygen atoms in total. The van der Waals surface area contributed by atoms with Gasteiger partial charge in [-0.05, 0) is 36.6 Å². The Morgan fingerprint density at radius 1 is 1.13 bits per heavy atom. The zero-order chi connectivity index (χ0) is 16.7. The normalized spacial score (nSPS) is 10.7. The topological polar surface area (TPSA) is 64.9 Å². The summed E-state index contributed by atoms with van der Waals surface area (Å²) in [5.74, 6) is -0.415. The highest BCUT2D eigenvalue weighted by Gasteiger charge is 2.11. The molecular weight excluding hydrogens is 286 g/mol. The second kappa shape index (κ2) is 7.81. The van der Waals surface area contributed by atoms with E-state index in [1.807, 2.05) is 68.4 Å². The number of carbonyl (C=O) groups is 1. The van der Waals surface area contributed by atoms with E-state index in [0.717, 1.165) is 22.4 Å². The molecule has 0 aliphatic rings. The second-order valence-electron chi connectivity index (χ2n) is 5.24. The van der Waals surface area contributed by atoms with Gasteiger partial charge in [0.1, 0.15) is 11.6 Å². The molecule has 0 unspecified atom stereocenters. The summed E-state index contributed by atoms with van der Waals surface area (Å²) >= 11 is 0. The number of amides is 1. The Kier molecular flexibility index (Phi) is 5.54. The number of aryl methyl sites for hydroxylation is 1. The van der Waals surface area contributed by atoms with Crippen molar-refractivity contribution in [3.8, 4) is 6.07 Å². The standard InChI is InChI=1S/C19H19N3O/c1-14-7-6-10-18(15(14)2)22-19(23)17(11-20)13-21-12-16-8-4-3-5-9-16/h3-10,13,21H,12H2,1-2H3,(H,22,23)/b17-13-. The minimum Gasteiger partial charge on any atom is -0.386 e. The molecule has 4 heteroatoms. The Morgan fingerprint density at radius 3 is 2.57 bits per heavy atom. The van der Waals surface area contributed by atoms with Gasteiger partial charge in [0.15, 0.2) is 0 Å². The maximum Gasteiger partial charge on any atom is 0.267 e. The molecule has 0 heterocycles. The van der Waals surface area contributed by atoms with E-state index >= 15 is 0 Å². The third kappa shape index (κ3) is 4.45. The molecule has 2 N–H and O–H groups in total. The largest absolute Gasteiger partial charge is 0.386 e. The van der Waals surface area contributed by atoms with Crippen LogP contribution < -0.4 is 10.6 Å². The van der Waals surface area contributed by atoms with E-state index in [1.54, 1.807) is 0 Å². The van der Waals surface area contributed by atoms with Crippen molar-refractivity contribution in [2.45, 2.75) is 20.4 Å². The van der Waals surface area contributed by atoms with Crippen LogP contribution in [-0.4, -0.2) is 5.91 Å². The molecule has 0 spiro atoms. The van der Waals surface area contributed by atoms with Gasteiger partial charge in [-0.1, -0.05) is 42.5 Å². The molecule has 0 saturated carbocycles. The van der Waals surface area contributed by atoms with Gasteiger partial charge < -0.3 is 10.6 Å². The van der Waals surface area contributed by atoms with E-state index in [9.17, 15) is 10.1 Å². The number of anilines is 1. The lowest BCUT2D eigenvalue weighted by molar-refractivity contribution is -0.112. The highest BCUT2D eigenvalue weighted by Crippen LogP contribution is 2.18. The van der Waals surface area contributed by atoms with Crippen molar-refractivity contribution in [2.75, 3.05) is 5.32 Å². The summed E-state index contributed by atoms with van der Waals surface area (Å²) in [5, 5.41) is 15.0. The van der Waals surface area contributed by atoms with Crippen LogP contribution in [0, 0.1) is 25.2 Å². The monoisotopic (exact) mass is 305 g/mol. The van der Waals surface area contributed by atoms with Crippen LogP contribution >= 0.6 is 0 Å². The fourth-order valence-corrected chi connectivity index (χ4v) is 2.09. The Labute approximate surface area is 136 Å². The number of nitriles is 1. The van der Waals surface area contributed by atoms with E-state index in [0.29, 0.717) is 6.54 Å². The highest BCUT2D eigenvalue weighted by molar-refractivity contribution is 6.06. The molecule has 23 heavy (non-hydrogen) atoms. The first-order valence-electron chi connectivity index (χ1n) is 7.37. The first-order valence-corrected chi connectivity index (χ1v) is 7.37. The molecule has 2 aromatic carbocycles. The van der Waals surface area contributed by atoms with Crippen molar-refractivity contribution in [1.29, 1.82) is 5.26 Å². The van der Waals surface area contributed by atoms with E-state index in [4.69, 9.17) is 0 Å². The van der Waals surface area contributed by atoms with E-state index in [2.05, 4.69) is 10.6 Å². The third-order valence-corrected chi connectivity index (χ3v) is 3.61. The lowest BCUT2D eigenvalue weighted by Gasteiger charge is -2.10. The van der Waals surface area contributed by atoms with Gasteiger partial charge in [-0.15, -0.1) is 0 Å². The molecule has 2 aromatic rings. The maximum atomic E-state index is 12.2. The summed E-state index contributed by atoms with van der Waals surface area (Å²) in [6, 6.07) is 17.4. The average molecular weight is 305 g/mol. The number of nitrogens with zero attached hydrogens (tertiary/aromatic N) is 1. The Balaban J connectivity index is 2.02. The molecule has 0 fully saturated rings. The first kappa shape index (κ1) is 16.3. The quantitative estimate of drug-likeness (QED) is 0.657. The molecule has 0 aliphatic carbocycles. The molecule has 116 valence electrons. The number of hydrogen-bond donors (Lipinski definition) is 2. The lowest BCUT2D eigenvalue weighted by Crippen LogP contribution is -2.17. The van der Waals surface area contributed by atoms with Crippen LogP contribution in [0.5, 0.6) is 0 Å². The smallest absolute Gasteiger partial charge is 0.267 e. The number of nitrogens with one attached hydrogen (secondary N) is 2. The number of hydrogen-bond acceptors (Lipinski definition) is 3. The molecule has 1 amide bonds. The summed E-state index contributed by atoms with van der Waals surface area (Å²) in [6.07, 6.45) is 1.45. The molecule has 0 aromatic heterocycles. The summed E-state index contributed by atoms with van der Waals surface area (Å²) in [7, 11) is 0. The molecule has 0 aliphatic heterocycles. The van der Waals surface area contributed by atoms with Gasteiger partial charge >= 0.3 is 0 Å². The molecule has 0 atom stereocenters. The first-order chi connectivity index (χ1) is 11.1. The second-order valence-corrected chi connectivity index (χ2v) is 5.24. The van der Waals surface area contributed by atoms with Crippen LogP contribution in [0.3, 0.4) is 0 Å². The SMILES string of the molecule is Cc1cccc(NC(=O)/C(C#N)=C\NCc2ccccc2)c1C. The fourth-order valence-electron chi connectivity index (χ4n) is 2.09. The molecule has 0 saturated heterocycles. The molecule has 0 radical (unpaired) electrons. The minimum atomic E-state index is -0.415. The predicted molar refractivity (Wildman–Crippen MR) is 91.5 cm³/mol. The van der Waals surface area contributed by atoms with Crippen LogP contribution in [-0.2, 0) is 11.3 Å². The van der Waals surface area contributed by atoms with Crippen molar-refractivity contribution in [3.05, 3.63) is 77.0 Å². The van der Waals surface area contributed by atoms with E-state index < -0.39 is 5.91 Å². The molecular formula is C19H19N3O. The van der Waals surface area contributed by atoms with Gasteiger partial charge in [0.2, 0.25) is 0 Å². The predicted octanol–water partition coefficient (Wildman–Crippen LogP) is 3.44. The van der Waals surface area contributed by atoms with Crippen LogP contribution in [0.2, 0.25) is 0 Å². The maximum absolute atomic E-state index is 12.2. The number of carbonyl (C=O) groups excluding carboxylic acids is 1. The Morgan fingerprint density at radius 2 is 1.87 bits per heavy atom.